The van der Waals surface area contributed by atoms with E-state index in [2.05, 4.69) is 24.3 Å². The largest absolute Gasteiger partial charge is 0.461 e. The van der Waals surface area contributed by atoms with Crippen LogP contribution in [0.2, 0.25) is 0 Å². The first-order valence-corrected chi connectivity index (χ1v) is 9.59. The monoisotopic (exact) mass is 386 g/mol. The van der Waals surface area contributed by atoms with Crippen LogP contribution in [0.3, 0.4) is 0 Å². The summed E-state index contributed by atoms with van der Waals surface area (Å²) in [6.45, 7) is 2.67. The van der Waals surface area contributed by atoms with Crippen molar-refractivity contribution in [1.82, 2.24) is 23.5 Å². The lowest BCUT2D eigenvalue weighted by Crippen LogP contribution is -2.15. The van der Waals surface area contributed by atoms with Crippen molar-refractivity contribution >= 4 is 46.1 Å². The third kappa shape index (κ3) is 3.20. The average Bonchev–Trinajstić information content (AvgIpc) is 3.38. The second-order valence-electron chi connectivity index (χ2n) is 5.30. The molecule has 1 aromatic carbocycles. The van der Waals surface area contributed by atoms with Gasteiger partial charge in [0.15, 0.2) is 16.7 Å². The minimum atomic E-state index is -0.138. The predicted octanol–water partition coefficient (Wildman–Crippen LogP) is 3.29. The number of nitrogens with one attached hydrogen (secondary N) is 1. The minimum Gasteiger partial charge on any atom is -0.461 e. The molecule has 132 valence electrons. The smallest absolute Gasteiger partial charge is 0.234 e. The Bertz CT molecular complexity index is 1040. The predicted molar refractivity (Wildman–Crippen MR) is 100 cm³/mol. The molecule has 0 saturated heterocycles. The second-order valence-corrected chi connectivity index (χ2v) is 6.77. The highest BCUT2D eigenvalue weighted by Gasteiger charge is 2.16. The zero-order valence-corrected chi connectivity index (χ0v) is 15.4. The molecule has 0 unspecified atom stereocenters. The van der Waals surface area contributed by atoms with Gasteiger partial charge in [-0.2, -0.15) is 8.75 Å². The fourth-order valence-corrected chi connectivity index (χ4v) is 3.84. The van der Waals surface area contributed by atoms with E-state index in [1.54, 1.807) is 12.3 Å². The number of carbonyl (C=O) groups excluding carboxylic acids is 1. The van der Waals surface area contributed by atoms with Gasteiger partial charge in [-0.25, -0.2) is 0 Å². The third-order valence-electron chi connectivity index (χ3n) is 3.67. The Morgan fingerprint density at radius 1 is 1.27 bits per heavy atom. The molecule has 0 spiro atoms. The highest BCUT2D eigenvalue weighted by Crippen LogP contribution is 2.25. The Labute approximate surface area is 157 Å². The molecular formula is C16H14N6O2S2. The first kappa shape index (κ1) is 16.7. The molecule has 0 aliphatic carbocycles. The summed E-state index contributed by atoms with van der Waals surface area (Å²) in [7, 11) is 0. The summed E-state index contributed by atoms with van der Waals surface area (Å²) in [5.74, 6) is 1.38. The summed E-state index contributed by atoms with van der Waals surface area (Å²) in [5.41, 5.74) is 2.14. The highest BCUT2D eigenvalue weighted by atomic mass is 32.2. The van der Waals surface area contributed by atoms with Gasteiger partial charge in [-0.05, 0) is 31.2 Å². The molecule has 0 aliphatic rings. The molecule has 0 saturated carbocycles. The zero-order valence-electron chi connectivity index (χ0n) is 13.7. The van der Waals surface area contributed by atoms with Gasteiger partial charge in [0.1, 0.15) is 11.0 Å². The van der Waals surface area contributed by atoms with E-state index in [-0.39, 0.29) is 11.7 Å². The number of benzene rings is 1. The Kier molecular flexibility index (Phi) is 4.67. The summed E-state index contributed by atoms with van der Waals surface area (Å²) < 4.78 is 15.7. The fourth-order valence-electron chi connectivity index (χ4n) is 2.49. The maximum Gasteiger partial charge on any atom is 0.234 e. The molecule has 0 bridgehead atoms. The molecule has 26 heavy (non-hydrogen) atoms. The molecule has 1 amide bonds. The number of hydrogen-bond donors (Lipinski definition) is 1. The van der Waals surface area contributed by atoms with Gasteiger partial charge in [0.2, 0.25) is 5.91 Å². The van der Waals surface area contributed by atoms with E-state index in [0.29, 0.717) is 34.5 Å². The number of anilines is 1. The van der Waals surface area contributed by atoms with Crippen molar-refractivity contribution in [2.24, 2.45) is 0 Å². The van der Waals surface area contributed by atoms with Crippen LogP contribution in [0.25, 0.3) is 22.6 Å². The van der Waals surface area contributed by atoms with Crippen molar-refractivity contribution in [3.8, 4) is 11.6 Å². The Morgan fingerprint density at radius 3 is 3.00 bits per heavy atom. The van der Waals surface area contributed by atoms with Gasteiger partial charge in [0, 0.05) is 6.54 Å². The van der Waals surface area contributed by atoms with Crippen LogP contribution < -0.4 is 5.32 Å². The van der Waals surface area contributed by atoms with Gasteiger partial charge in [0.25, 0.3) is 0 Å². The molecule has 3 heterocycles. The highest BCUT2D eigenvalue weighted by molar-refractivity contribution is 7.99. The molecule has 10 heteroatoms. The summed E-state index contributed by atoms with van der Waals surface area (Å²) in [6, 6.07) is 9.16. The molecule has 8 nitrogen and oxygen atoms in total. The lowest BCUT2D eigenvalue weighted by atomic mass is 10.2. The van der Waals surface area contributed by atoms with Gasteiger partial charge in [-0.3, -0.25) is 9.36 Å². The lowest BCUT2D eigenvalue weighted by molar-refractivity contribution is -0.113. The van der Waals surface area contributed by atoms with Crippen molar-refractivity contribution < 1.29 is 9.21 Å². The van der Waals surface area contributed by atoms with E-state index >= 15 is 0 Å². The van der Waals surface area contributed by atoms with E-state index in [1.165, 1.54) is 11.8 Å². The summed E-state index contributed by atoms with van der Waals surface area (Å²) >= 11 is 2.45. The van der Waals surface area contributed by atoms with Gasteiger partial charge in [-0.15, -0.1) is 10.2 Å². The maximum absolute atomic E-state index is 12.3. The fraction of sp³-hybridized carbons (Fsp3) is 0.188. The molecule has 4 aromatic rings. The topological polar surface area (TPSA) is 98.7 Å². The molecule has 0 aliphatic heterocycles. The summed E-state index contributed by atoms with van der Waals surface area (Å²) in [6.07, 6.45) is 1.60. The standard InChI is InChI=1S/C16H14N6O2S2/c1-2-22-15(12-7-4-8-24-12)18-19-16(22)25-9-13(23)17-10-5-3-6-11-14(10)21-26-20-11/h3-8H,2,9H2,1H3,(H,17,23). The first-order valence-electron chi connectivity index (χ1n) is 7.87. The van der Waals surface area contributed by atoms with Crippen LogP contribution in [0.15, 0.2) is 46.2 Å². The third-order valence-corrected chi connectivity index (χ3v) is 5.18. The van der Waals surface area contributed by atoms with Gasteiger partial charge < -0.3 is 9.73 Å². The van der Waals surface area contributed by atoms with Crippen molar-refractivity contribution in [2.45, 2.75) is 18.6 Å². The number of fused-ring (bicyclic) bond motifs is 1. The first-order chi connectivity index (χ1) is 12.8. The van der Waals surface area contributed by atoms with Crippen molar-refractivity contribution in [1.29, 1.82) is 0 Å². The van der Waals surface area contributed by atoms with Crippen molar-refractivity contribution in [3.05, 3.63) is 36.6 Å². The number of amides is 1. The summed E-state index contributed by atoms with van der Waals surface area (Å²) in [5, 5.41) is 11.9. The van der Waals surface area contributed by atoms with Crippen molar-refractivity contribution in [2.75, 3.05) is 11.1 Å². The molecule has 0 atom stereocenters. The van der Waals surface area contributed by atoms with Crippen LogP contribution in [0.4, 0.5) is 5.69 Å². The molecule has 3 aromatic heterocycles. The molecule has 1 N–H and O–H groups in total. The number of thioether (sulfide) groups is 1. The van der Waals surface area contributed by atoms with E-state index in [1.807, 2.05) is 35.8 Å². The number of rotatable bonds is 6. The number of furan rings is 1. The number of nitrogens with zero attached hydrogens (tertiary/aromatic N) is 5. The normalized spacial score (nSPS) is 11.1. The van der Waals surface area contributed by atoms with Crippen LogP contribution in [0.5, 0.6) is 0 Å². The summed E-state index contributed by atoms with van der Waals surface area (Å²) in [4.78, 5) is 12.3. The SMILES string of the molecule is CCn1c(SCC(=O)Nc2cccc3nsnc23)nnc1-c1ccco1. The number of carbonyl (C=O) groups is 1. The van der Waals surface area contributed by atoms with Gasteiger partial charge in [0.05, 0.1) is 29.4 Å². The quantitative estimate of drug-likeness (QED) is 0.508. The molecular weight excluding hydrogens is 372 g/mol. The second kappa shape index (κ2) is 7.26. The number of aromatic nitrogens is 5. The zero-order chi connectivity index (χ0) is 17.9. The lowest BCUT2D eigenvalue weighted by Gasteiger charge is -2.07. The molecule has 0 fully saturated rings. The Balaban J connectivity index is 1.46. The Hall–Kier alpha value is -2.72. The van der Waals surface area contributed by atoms with Crippen molar-refractivity contribution in [3.63, 3.8) is 0 Å². The van der Waals surface area contributed by atoms with Gasteiger partial charge >= 0.3 is 0 Å². The average molecular weight is 386 g/mol. The van der Waals surface area contributed by atoms with E-state index in [4.69, 9.17) is 4.42 Å². The van der Waals surface area contributed by atoms with Crippen LogP contribution in [-0.4, -0.2) is 35.2 Å². The van der Waals surface area contributed by atoms with Gasteiger partial charge in [-0.1, -0.05) is 17.8 Å². The van der Waals surface area contributed by atoms with Crippen LogP contribution in [-0.2, 0) is 11.3 Å². The maximum atomic E-state index is 12.3. The molecule has 4 rings (SSSR count). The van der Waals surface area contributed by atoms with Crippen LogP contribution in [0, 0.1) is 0 Å². The minimum absolute atomic E-state index is 0.138. The number of hydrogen-bond acceptors (Lipinski definition) is 8. The van der Waals surface area contributed by atoms with E-state index < -0.39 is 0 Å². The van der Waals surface area contributed by atoms with Crippen LogP contribution >= 0.6 is 23.5 Å². The van der Waals surface area contributed by atoms with Crippen LogP contribution in [0.1, 0.15) is 6.92 Å². The van der Waals surface area contributed by atoms with E-state index in [0.717, 1.165) is 17.2 Å². The van der Waals surface area contributed by atoms with E-state index in [9.17, 15) is 4.79 Å². The Morgan fingerprint density at radius 2 is 2.19 bits per heavy atom. The molecule has 0 radical (unpaired) electrons.